The van der Waals surface area contributed by atoms with Crippen molar-refractivity contribution >= 4 is 12.4 Å². The van der Waals surface area contributed by atoms with Crippen molar-refractivity contribution in [2.24, 2.45) is 11.1 Å². The Labute approximate surface area is 115 Å². The van der Waals surface area contributed by atoms with Crippen molar-refractivity contribution in [1.29, 1.82) is 0 Å². The largest absolute Gasteiger partial charge is 0.338 e. The van der Waals surface area contributed by atoms with E-state index in [1.165, 1.54) is 32.1 Å². The third-order valence-electron chi connectivity index (χ3n) is 3.63. The smallest absolute Gasteiger partial charge is 0.244 e. The molecular weight excluding hydrogens is 250 g/mol. The van der Waals surface area contributed by atoms with Gasteiger partial charge >= 0.3 is 0 Å². The van der Waals surface area contributed by atoms with Crippen molar-refractivity contribution in [1.82, 2.24) is 10.1 Å². The van der Waals surface area contributed by atoms with E-state index in [9.17, 15) is 0 Å². The van der Waals surface area contributed by atoms with Gasteiger partial charge in [0, 0.05) is 5.92 Å². The van der Waals surface area contributed by atoms with Gasteiger partial charge in [0.15, 0.2) is 5.82 Å². The van der Waals surface area contributed by atoms with Crippen molar-refractivity contribution in [2.45, 2.75) is 64.8 Å². The molecule has 1 saturated carbocycles. The minimum Gasteiger partial charge on any atom is -0.338 e. The fraction of sp³-hybridized carbons (Fsp3) is 0.846. The van der Waals surface area contributed by atoms with Gasteiger partial charge in [-0.15, -0.1) is 12.4 Å². The van der Waals surface area contributed by atoms with E-state index in [0.29, 0.717) is 11.8 Å². The first kappa shape index (κ1) is 15.4. The highest BCUT2D eigenvalue weighted by atomic mass is 35.5. The van der Waals surface area contributed by atoms with Gasteiger partial charge in [0.1, 0.15) is 0 Å². The Kier molecular flexibility index (Phi) is 5.17. The van der Waals surface area contributed by atoms with Crippen LogP contribution in [-0.4, -0.2) is 10.1 Å². The van der Waals surface area contributed by atoms with Crippen LogP contribution >= 0.6 is 12.4 Å². The monoisotopic (exact) mass is 273 g/mol. The Bertz CT molecular complexity index is 367. The lowest BCUT2D eigenvalue weighted by atomic mass is 9.87. The summed E-state index contributed by atoms with van der Waals surface area (Å²) in [5.74, 6) is 1.92. The van der Waals surface area contributed by atoms with Crippen molar-refractivity contribution in [3.63, 3.8) is 0 Å². The maximum Gasteiger partial charge on any atom is 0.244 e. The third-order valence-corrected chi connectivity index (χ3v) is 3.63. The summed E-state index contributed by atoms with van der Waals surface area (Å²) >= 11 is 0. The van der Waals surface area contributed by atoms with E-state index in [1.54, 1.807) is 0 Å². The van der Waals surface area contributed by atoms with E-state index in [0.717, 1.165) is 5.82 Å². The van der Waals surface area contributed by atoms with Crippen LogP contribution in [0.1, 0.15) is 76.6 Å². The first-order valence-electron chi connectivity index (χ1n) is 6.57. The highest BCUT2D eigenvalue weighted by Gasteiger charge is 2.29. The summed E-state index contributed by atoms with van der Waals surface area (Å²) in [7, 11) is 0. The Morgan fingerprint density at radius 2 is 1.83 bits per heavy atom. The molecule has 0 amide bonds. The molecule has 5 heteroatoms. The number of nitrogens with two attached hydrogens (primary N) is 1. The molecule has 0 spiro atoms. The summed E-state index contributed by atoms with van der Waals surface area (Å²) in [4.78, 5) is 4.50. The van der Waals surface area contributed by atoms with Gasteiger partial charge in [0.25, 0.3) is 0 Å². The molecule has 2 N–H and O–H groups in total. The van der Waals surface area contributed by atoms with Crippen molar-refractivity contribution in [3.8, 4) is 0 Å². The fourth-order valence-electron chi connectivity index (χ4n) is 2.27. The molecule has 1 heterocycles. The molecule has 1 aliphatic rings. The topological polar surface area (TPSA) is 64.9 Å². The zero-order valence-corrected chi connectivity index (χ0v) is 12.3. The highest BCUT2D eigenvalue weighted by molar-refractivity contribution is 5.85. The zero-order valence-electron chi connectivity index (χ0n) is 11.5. The van der Waals surface area contributed by atoms with Gasteiger partial charge in [0.05, 0.1) is 6.04 Å². The maximum absolute atomic E-state index is 6.12. The van der Waals surface area contributed by atoms with Crippen LogP contribution in [0.4, 0.5) is 0 Å². The molecule has 0 bridgehead atoms. The van der Waals surface area contributed by atoms with Gasteiger partial charge < -0.3 is 10.3 Å². The molecule has 4 nitrogen and oxygen atoms in total. The molecule has 0 unspecified atom stereocenters. The SMILES string of the molecule is CC(C)(C)[C@H](N)c1nc(C2CCCCC2)no1.Cl. The van der Waals surface area contributed by atoms with Crippen molar-refractivity contribution in [2.75, 3.05) is 0 Å². The third kappa shape index (κ3) is 3.45. The van der Waals surface area contributed by atoms with Gasteiger partial charge in [-0.2, -0.15) is 4.98 Å². The summed E-state index contributed by atoms with van der Waals surface area (Å²) < 4.78 is 5.32. The van der Waals surface area contributed by atoms with Gasteiger partial charge in [0.2, 0.25) is 5.89 Å². The van der Waals surface area contributed by atoms with Crippen molar-refractivity contribution in [3.05, 3.63) is 11.7 Å². The molecule has 1 fully saturated rings. The van der Waals surface area contributed by atoms with Crippen molar-refractivity contribution < 1.29 is 4.52 Å². The number of nitrogens with zero attached hydrogens (tertiary/aromatic N) is 2. The van der Waals surface area contributed by atoms with E-state index in [2.05, 4.69) is 30.9 Å². The molecule has 1 aliphatic carbocycles. The number of hydrogen-bond donors (Lipinski definition) is 1. The summed E-state index contributed by atoms with van der Waals surface area (Å²) in [6.45, 7) is 6.26. The fourth-order valence-corrected chi connectivity index (χ4v) is 2.27. The van der Waals surface area contributed by atoms with Gasteiger partial charge in [-0.25, -0.2) is 0 Å². The van der Waals surface area contributed by atoms with Crippen LogP contribution in [0.3, 0.4) is 0 Å². The van der Waals surface area contributed by atoms with Crippen LogP contribution in [0, 0.1) is 5.41 Å². The summed E-state index contributed by atoms with van der Waals surface area (Å²) in [6.07, 6.45) is 6.26. The molecular formula is C13H24ClN3O. The zero-order chi connectivity index (χ0) is 12.5. The predicted molar refractivity (Wildman–Crippen MR) is 73.8 cm³/mol. The van der Waals surface area contributed by atoms with Gasteiger partial charge in [-0.3, -0.25) is 0 Å². The van der Waals surface area contributed by atoms with Gasteiger partial charge in [-0.05, 0) is 18.3 Å². The first-order valence-corrected chi connectivity index (χ1v) is 6.57. The molecule has 104 valence electrons. The Hall–Kier alpha value is -0.610. The quantitative estimate of drug-likeness (QED) is 0.894. The molecule has 1 atom stereocenters. The number of aromatic nitrogens is 2. The maximum atomic E-state index is 6.12. The number of rotatable bonds is 2. The predicted octanol–water partition coefficient (Wildman–Crippen LogP) is 3.59. The summed E-state index contributed by atoms with van der Waals surface area (Å²) in [6, 6.07) is -0.188. The average Bonchev–Trinajstić information content (AvgIpc) is 2.77. The minimum absolute atomic E-state index is 0. The molecule has 0 aliphatic heterocycles. The molecule has 0 radical (unpaired) electrons. The lowest BCUT2D eigenvalue weighted by molar-refractivity contribution is 0.251. The highest BCUT2D eigenvalue weighted by Crippen LogP contribution is 2.33. The van der Waals surface area contributed by atoms with Crippen LogP contribution in [0.15, 0.2) is 4.52 Å². The Balaban J connectivity index is 0.00000162. The summed E-state index contributed by atoms with van der Waals surface area (Å²) in [5.41, 5.74) is 6.07. The Morgan fingerprint density at radius 3 is 2.39 bits per heavy atom. The van der Waals surface area contributed by atoms with E-state index in [4.69, 9.17) is 10.3 Å². The number of hydrogen-bond acceptors (Lipinski definition) is 4. The van der Waals surface area contributed by atoms with Crippen LogP contribution in [0.25, 0.3) is 0 Å². The Morgan fingerprint density at radius 1 is 1.22 bits per heavy atom. The molecule has 18 heavy (non-hydrogen) atoms. The van der Waals surface area contributed by atoms with Crippen LogP contribution in [0.5, 0.6) is 0 Å². The van der Waals surface area contributed by atoms with E-state index in [1.807, 2.05) is 0 Å². The molecule has 1 aromatic heterocycles. The molecule has 0 aromatic carbocycles. The molecule has 2 rings (SSSR count). The molecule has 1 aromatic rings. The lowest BCUT2D eigenvalue weighted by Gasteiger charge is -2.23. The molecule has 0 saturated heterocycles. The van der Waals surface area contributed by atoms with E-state index < -0.39 is 0 Å². The summed E-state index contributed by atoms with van der Waals surface area (Å²) in [5, 5.41) is 4.11. The average molecular weight is 274 g/mol. The van der Waals surface area contributed by atoms with E-state index >= 15 is 0 Å². The number of halogens is 1. The second-order valence-corrected chi connectivity index (χ2v) is 6.17. The second-order valence-electron chi connectivity index (χ2n) is 6.17. The van der Waals surface area contributed by atoms with Crippen LogP contribution in [-0.2, 0) is 0 Å². The standard InChI is InChI=1S/C13H23N3O.ClH/c1-13(2,3)10(14)12-15-11(16-17-12)9-7-5-4-6-8-9;/h9-10H,4-8,14H2,1-3H3;1H/t10-;/m1./s1. The van der Waals surface area contributed by atoms with Crippen LogP contribution < -0.4 is 5.73 Å². The first-order chi connectivity index (χ1) is 7.98. The van der Waals surface area contributed by atoms with Crippen LogP contribution in [0.2, 0.25) is 0 Å². The minimum atomic E-state index is -0.188. The van der Waals surface area contributed by atoms with Gasteiger partial charge in [-0.1, -0.05) is 45.2 Å². The van der Waals surface area contributed by atoms with E-state index in [-0.39, 0.29) is 23.9 Å². The normalized spacial score (nSPS) is 19.3. The lowest BCUT2D eigenvalue weighted by Crippen LogP contribution is -2.26. The second kappa shape index (κ2) is 6.02.